The van der Waals surface area contributed by atoms with Crippen molar-refractivity contribution in [1.29, 1.82) is 0 Å². The summed E-state index contributed by atoms with van der Waals surface area (Å²) in [7, 11) is 0. The molecule has 4 heterocycles. The van der Waals surface area contributed by atoms with Gasteiger partial charge in [-0.3, -0.25) is 9.69 Å². The molecule has 2 aromatic heterocycles. The Balaban J connectivity index is 1.46. The number of hydrogen-bond acceptors (Lipinski definition) is 6. The molecule has 0 aliphatic carbocycles. The third-order valence-electron chi connectivity index (χ3n) is 5.37. The number of carbonyl (C=O) groups is 1. The van der Waals surface area contributed by atoms with Crippen LogP contribution in [0.25, 0.3) is 11.4 Å². The SMILES string of the molecule is CCC(=O)N1CCCC1C1CCCN1Cc1nc(-c2ccoc2)no1. The number of aromatic nitrogens is 2. The van der Waals surface area contributed by atoms with Gasteiger partial charge in [-0.15, -0.1) is 0 Å². The average molecular weight is 344 g/mol. The maximum atomic E-state index is 12.2. The molecule has 0 radical (unpaired) electrons. The van der Waals surface area contributed by atoms with E-state index < -0.39 is 0 Å². The van der Waals surface area contributed by atoms with Crippen molar-refractivity contribution in [3.8, 4) is 11.4 Å². The summed E-state index contributed by atoms with van der Waals surface area (Å²) in [6.07, 6.45) is 8.27. The van der Waals surface area contributed by atoms with Crippen LogP contribution in [0.15, 0.2) is 27.5 Å². The summed E-state index contributed by atoms with van der Waals surface area (Å²) in [5.74, 6) is 1.45. The minimum Gasteiger partial charge on any atom is -0.472 e. The Morgan fingerprint density at radius 2 is 2.12 bits per heavy atom. The minimum absolute atomic E-state index is 0.273. The largest absolute Gasteiger partial charge is 0.472 e. The molecule has 7 heteroatoms. The van der Waals surface area contributed by atoms with Gasteiger partial charge in [0.1, 0.15) is 6.26 Å². The van der Waals surface area contributed by atoms with E-state index in [1.807, 2.05) is 13.0 Å². The molecule has 2 aliphatic heterocycles. The molecule has 2 saturated heterocycles. The molecule has 2 fully saturated rings. The molecule has 4 rings (SSSR count). The van der Waals surface area contributed by atoms with Crippen LogP contribution in [0, 0.1) is 0 Å². The molecule has 0 saturated carbocycles. The standard InChI is InChI=1S/C18H24N4O3/c1-2-17(23)22-9-4-6-15(22)14-5-3-8-21(14)11-16-19-18(20-25-16)13-7-10-24-12-13/h7,10,12,14-15H,2-6,8-9,11H2,1H3. The second-order valence-electron chi connectivity index (χ2n) is 6.85. The van der Waals surface area contributed by atoms with Crippen molar-refractivity contribution in [3.05, 3.63) is 24.5 Å². The lowest BCUT2D eigenvalue weighted by molar-refractivity contribution is -0.132. The molecular weight excluding hydrogens is 320 g/mol. The van der Waals surface area contributed by atoms with Gasteiger partial charge in [-0.05, 0) is 38.3 Å². The highest BCUT2D eigenvalue weighted by molar-refractivity contribution is 5.76. The van der Waals surface area contributed by atoms with Gasteiger partial charge in [-0.2, -0.15) is 4.98 Å². The molecular formula is C18H24N4O3. The van der Waals surface area contributed by atoms with Gasteiger partial charge in [0.2, 0.25) is 17.6 Å². The van der Waals surface area contributed by atoms with Gasteiger partial charge in [0.25, 0.3) is 0 Å². The maximum Gasteiger partial charge on any atom is 0.241 e. The van der Waals surface area contributed by atoms with Gasteiger partial charge < -0.3 is 13.8 Å². The zero-order chi connectivity index (χ0) is 17.2. The van der Waals surface area contributed by atoms with Gasteiger partial charge in [0, 0.05) is 25.0 Å². The summed E-state index contributed by atoms with van der Waals surface area (Å²) in [6, 6.07) is 2.54. The summed E-state index contributed by atoms with van der Waals surface area (Å²) in [5.41, 5.74) is 0.823. The third kappa shape index (κ3) is 3.20. The van der Waals surface area contributed by atoms with E-state index in [-0.39, 0.29) is 5.91 Å². The number of likely N-dealkylation sites (tertiary alicyclic amines) is 2. The van der Waals surface area contributed by atoms with Crippen LogP contribution in [0.4, 0.5) is 0 Å². The van der Waals surface area contributed by atoms with Gasteiger partial charge >= 0.3 is 0 Å². The van der Waals surface area contributed by atoms with E-state index in [0.717, 1.165) is 44.3 Å². The van der Waals surface area contributed by atoms with Crippen molar-refractivity contribution < 1.29 is 13.7 Å². The molecule has 2 atom stereocenters. The molecule has 0 bridgehead atoms. The summed E-state index contributed by atoms with van der Waals surface area (Å²) < 4.78 is 10.5. The second-order valence-corrected chi connectivity index (χ2v) is 6.85. The number of nitrogens with zero attached hydrogens (tertiary/aromatic N) is 4. The second kappa shape index (κ2) is 7.00. The molecule has 0 N–H and O–H groups in total. The Kier molecular flexibility index (Phi) is 4.57. The van der Waals surface area contributed by atoms with Crippen molar-refractivity contribution in [2.75, 3.05) is 13.1 Å². The van der Waals surface area contributed by atoms with Gasteiger partial charge in [0.05, 0.1) is 18.4 Å². The van der Waals surface area contributed by atoms with E-state index in [2.05, 4.69) is 19.9 Å². The van der Waals surface area contributed by atoms with Crippen LogP contribution in [0.2, 0.25) is 0 Å². The average Bonchev–Trinajstić information content (AvgIpc) is 3.38. The van der Waals surface area contributed by atoms with Gasteiger partial charge in [-0.25, -0.2) is 0 Å². The van der Waals surface area contributed by atoms with E-state index in [9.17, 15) is 4.79 Å². The molecule has 25 heavy (non-hydrogen) atoms. The van der Waals surface area contributed by atoms with E-state index in [1.54, 1.807) is 12.5 Å². The normalized spacial score (nSPS) is 24.3. The van der Waals surface area contributed by atoms with Crippen LogP contribution in [-0.4, -0.2) is 51.0 Å². The number of hydrogen-bond donors (Lipinski definition) is 0. The maximum absolute atomic E-state index is 12.2. The van der Waals surface area contributed by atoms with Crippen molar-refractivity contribution in [2.24, 2.45) is 0 Å². The number of amides is 1. The van der Waals surface area contributed by atoms with Crippen molar-refractivity contribution in [1.82, 2.24) is 19.9 Å². The zero-order valence-electron chi connectivity index (χ0n) is 14.6. The Labute approximate surface area is 147 Å². The van der Waals surface area contributed by atoms with Crippen molar-refractivity contribution >= 4 is 5.91 Å². The Morgan fingerprint density at radius 3 is 2.92 bits per heavy atom. The topological polar surface area (TPSA) is 75.6 Å². The van der Waals surface area contributed by atoms with Crippen LogP contribution in [0.5, 0.6) is 0 Å². The third-order valence-corrected chi connectivity index (χ3v) is 5.37. The molecule has 1 amide bonds. The van der Waals surface area contributed by atoms with Crippen LogP contribution < -0.4 is 0 Å². The van der Waals surface area contributed by atoms with Crippen LogP contribution in [0.1, 0.15) is 44.9 Å². The lowest BCUT2D eigenvalue weighted by atomic mass is 10.0. The highest BCUT2D eigenvalue weighted by Gasteiger charge is 2.39. The fraction of sp³-hybridized carbons (Fsp3) is 0.611. The smallest absolute Gasteiger partial charge is 0.241 e. The molecule has 7 nitrogen and oxygen atoms in total. The molecule has 2 unspecified atom stereocenters. The zero-order valence-corrected chi connectivity index (χ0v) is 14.6. The number of carbonyl (C=O) groups excluding carboxylic acids is 1. The predicted octanol–water partition coefficient (Wildman–Crippen LogP) is 2.70. The molecule has 0 spiro atoms. The van der Waals surface area contributed by atoms with Crippen LogP contribution >= 0.6 is 0 Å². The van der Waals surface area contributed by atoms with E-state index in [1.165, 1.54) is 0 Å². The van der Waals surface area contributed by atoms with Gasteiger partial charge in [-0.1, -0.05) is 12.1 Å². The van der Waals surface area contributed by atoms with Gasteiger partial charge in [0.15, 0.2) is 0 Å². The highest BCUT2D eigenvalue weighted by atomic mass is 16.5. The monoisotopic (exact) mass is 344 g/mol. The lowest BCUT2D eigenvalue weighted by Gasteiger charge is -2.34. The van der Waals surface area contributed by atoms with E-state index in [0.29, 0.717) is 36.8 Å². The summed E-state index contributed by atoms with van der Waals surface area (Å²) in [6.45, 7) is 4.49. The predicted molar refractivity (Wildman–Crippen MR) is 90.5 cm³/mol. The molecule has 0 aromatic carbocycles. The highest BCUT2D eigenvalue weighted by Crippen LogP contribution is 2.31. The Hall–Kier alpha value is -2.15. The summed E-state index contributed by atoms with van der Waals surface area (Å²) >= 11 is 0. The minimum atomic E-state index is 0.273. The number of furan rings is 1. The molecule has 2 aromatic rings. The first-order valence-corrected chi connectivity index (χ1v) is 9.15. The quantitative estimate of drug-likeness (QED) is 0.830. The first kappa shape index (κ1) is 16.3. The first-order valence-electron chi connectivity index (χ1n) is 9.15. The fourth-order valence-corrected chi connectivity index (χ4v) is 4.19. The fourth-order valence-electron chi connectivity index (χ4n) is 4.19. The summed E-state index contributed by atoms with van der Waals surface area (Å²) in [4.78, 5) is 21.2. The number of rotatable bonds is 5. The van der Waals surface area contributed by atoms with Crippen LogP contribution in [-0.2, 0) is 11.3 Å². The van der Waals surface area contributed by atoms with Crippen molar-refractivity contribution in [2.45, 2.75) is 57.7 Å². The lowest BCUT2D eigenvalue weighted by Crippen LogP contribution is -2.47. The van der Waals surface area contributed by atoms with Crippen molar-refractivity contribution in [3.63, 3.8) is 0 Å². The van der Waals surface area contributed by atoms with Crippen LogP contribution in [0.3, 0.4) is 0 Å². The van der Waals surface area contributed by atoms with E-state index >= 15 is 0 Å². The Morgan fingerprint density at radius 1 is 1.28 bits per heavy atom. The first-order chi connectivity index (χ1) is 12.3. The summed E-state index contributed by atoms with van der Waals surface area (Å²) in [5, 5.41) is 4.04. The Bertz CT molecular complexity index is 712. The van der Waals surface area contributed by atoms with E-state index in [4.69, 9.17) is 8.94 Å². The molecule has 134 valence electrons. The molecule has 2 aliphatic rings.